The van der Waals surface area contributed by atoms with Crippen LogP contribution in [-0.4, -0.2) is 72.0 Å². The van der Waals surface area contributed by atoms with Crippen LogP contribution in [-0.2, 0) is 4.74 Å². The maximum absolute atomic E-state index is 13.5. The fraction of sp³-hybridized carbons (Fsp3) is 0.593. The SMILES string of the molecule is C[C@@H]1CN(c2cccc(NC(=O)c3ccc(NC(C)(C)CO)nc3N3CCC4(CC3)CC4)n2)CCO1. The fourth-order valence-electron chi connectivity index (χ4n) is 5.07. The Bertz CT molecular complexity index is 1090. The number of morpholine rings is 1. The third kappa shape index (κ3) is 5.57. The average molecular weight is 495 g/mol. The van der Waals surface area contributed by atoms with Gasteiger partial charge in [0.2, 0.25) is 0 Å². The highest BCUT2D eigenvalue weighted by atomic mass is 16.5. The largest absolute Gasteiger partial charge is 0.394 e. The summed E-state index contributed by atoms with van der Waals surface area (Å²) >= 11 is 0. The van der Waals surface area contributed by atoms with Crippen molar-refractivity contribution in [3.05, 3.63) is 35.9 Å². The number of ether oxygens (including phenoxy) is 1. The number of amides is 1. The number of nitrogens with one attached hydrogen (secondary N) is 2. The molecule has 3 fully saturated rings. The number of rotatable bonds is 7. The van der Waals surface area contributed by atoms with Crippen molar-refractivity contribution in [1.82, 2.24) is 9.97 Å². The molecule has 4 heterocycles. The van der Waals surface area contributed by atoms with E-state index in [1.807, 2.05) is 38.1 Å². The van der Waals surface area contributed by atoms with E-state index in [1.165, 1.54) is 12.8 Å². The van der Waals surface area contributed by atoms with Crippen molar-refractivity contribution in [2.75, 3.05) is 59.8 Å². The lowest BCUT2D eigenvalue weighted by Crippen LogP contribution is -2.41. The zero-order valence-electron chi connectivity index (χ0n) is 21.6. The molecule has 2 aliphatic heterocycles. The van der Waals surface area contributed by atoms with Gasteiger partial charge in [-0.15, -0.1) is 0 Å². The van der Waals surface area contributed by atoms with Gasteiger partial charge in [0, 0.05) is 26.2 Å². The first kappa shape index (κ1) is 24.8. The Labute approximate surface area is 213 Å². The molecular formula is C27H38N6O3. The van der Waals surface area contributed by atoms with Gasteiger partial charge < -0.3 is 30.3 Å². The number of piperidine rings is 1. The van der Waals surface area contributed by atoms with Gasteiger partial charge in [0.15, 0.2) is 0 Å². The second kappa shape index (κ2) is 9.86. The van der Waals surface area contributed by atoms with Crippen LogP contribution in [0, 0.1) is 5.41 Å². The molecule has 0 radical (unpaired) electrons. The van der Waals surface area contributed by atoms with Gasteiger partial charge in [-0.05, 0) is 76.1 Å². The van der Waals surface area contributed by atoms with E-state index in [-0.39, 0.29) is 18.6 Å². The molecule has 194 valence electrons. The van der Waals surface area contributed by atoms with Gasteiger partial charge in [-0.25, -0.2) is 9.97 Å². The van der Waals surface area contributed by atoms with Crippen molar-refractivity contribution < 1.29 is 14.6 Å². The molecule has 9 nitrogen and oxygen atoms in total. The molecule has 2 aromatic rings. The molecule has 3 aliphatic rings. The molecule has 1 spiro atoms. The first-order valence-electron chi connectivity index (χ1n) is 13.1. The van der Waals surface area contributed by atoms with Crippen LogP contribution in [0.15, 0.2) is 30.3 Å². The predicted molar refractivity (Wildman–Crippen MR) is 142 cm³/mol. The smallest absolute Gasteiger partial charge is 0.260 e. The Morgan fingerprint density at radius 1 is 1.08 bits per heavy atom. The van der Waals surface area contributed by atoms with Crippen molar-refractivity contribution in [3.63, 3.8) is 0 Å². The highest BCUT2D eigenvalue weighted by Gasteiger charge is 2.45. The molecular weight excluding hydrogens is 456 g/mol. The number of aromatic nitrogens is 2. The number of nitrogens with zero attached hydrogens (tertiary/aromatic N) is 4. The summed E-state index contributed by atoms with van der Waals surface area (Å²) in [4.78, 5) is 27.5. The Morgan fingerprint density at radius 2 is 1.86 bits per heavy atom. The van der Waals surface area contributed by atoms with E-state index in [9.17, 15) is 9.90 Å². The number of carbonyl (C=O) groups excluding carboxylic acids is 1. The Morgan fingerprint density at radius 3 is 2.56 bits per heavy atom. The minimum Gasteiger partial charge on any atom is -0.394 e. The lowest BCUT2D eigenvalue weighted by atomic mass is 9.93. The number of aliphatic hydroxyl groups excluding tert-OH is 1. The average Bonchev–Trinajstić information content (AvgIpc) is 3.63. The topological polar surface area (TPSA) is 103 Å². The van der Waals surface area contributed by atoms with E-state index >= 15 is 0 Å². The Hall–Kier alpha value is -2.91. The Balaban J connectivity index is 1.37. The van der Waals surface area contributed by atoms with E-state index in [0.29, 0.717) is 35.0 Å². The molecule has 5 rings (SSSR count). The third-order valence-corrected chi connectivity index (χ3v) is 7.60. The molecule has 1 amide bonds. The molecule has 1 saturated carbocycles. The summed E-state index contributed by atoms with van der Waals surface area (Å²) in [7, 11) is 0. The monoisotopic (exact) mass is 494 g/mol. The van der Waals surface area contributed by atoms with Crippen molar-refractivity contribution in [3.8, 4) is 0 Å². The molecule has 2 aromatic heterocycles. The van der Waals surface area contributed by atoms with Gasteiger partial charge in [-0.3, -0.25) is 4.79 Å². The lowest BCUT2D eigenvalue weighted by Gasteiger charge is -2.34. The first-order chi connectivity index (χ1) is 17.3. The van der Waals surface area contributed by atoms with Gasteiger partial charge in [-0.1, -0.05) is 6.07 Å². The number of hydrogen-bond donors (Lipinski definition) is 3. The number of hydrogen-bond acceptors (Lipinski definition) is 8. The van der Waals surface area contributed by atoms with Crippen molar-refractivity contribution in [2.45, 2.75) is 58.1 Å². The molecule has 0 aromatic carbocycles. The molecule has 2 saturated heterocycles. The summed E-state index contributed by atoms with van der Waals surface area (Å²) in [5, 5.41) is 16.0. The van der Waals surface area contributed by atoms with Crippen molar-refractivity contribution in [2.24, 2.45) is 5.41 Å². The molecule has 9 heteroatoms. The molecule has 1 atom stereocenters. The van der Waals surface area contributed by atoms with E-state index in [4.69, 9.17) is 14.7 Å². The van der Waals surface area contributed by atoms with Crippen LogP contribution < -0.4 is 20.4 Å². The summed E-state index contributed by atoms with van der Waals surface area (Å²) in [6, 6.07) is 9.33. The van der Waals surface area contributed by atoms with Crippen LogP contribution in [0.2, 0.25) is 0 Å². The van der Waals surface area contributed by atoms with Gasteiger partial charge >= 0.3 is 0 Å². The maximum atomic E-state index is 13.5. The number of pyridine rings is 2. The van der Waals surface area contributed by atoms with Crippen LogP contribution in [0.4, 0.5) is 23.3 Å². The van der Waals surface area contributed by atoms with E-state index in [2.05, 4.69) is 27.4 Å². The summed E-state index contributed by atoms with van der Waals surface area (Å²) in [6.45, 7) is 9.86. The van der Waals surface area contributed by atoms with Gasteiger partial charge in [0.1, 0.15) is 23.3 Å². The number of aliphatic hydroxyl groups is 1. The van der Waals surface area contributed by atoms with Crippen molar-refractivity contribution in [1.29, 1.82) is 0 Å². The van der Waals surface area contributed by atoms with E-state index in [1.54, 1.807) is 6.07 Å². The summed E-state index contributed by atoms with van der Waals surface area (Å²) < 4.78 is 5.65. The second-order valence-corrected chi connectivity index (χ2v) is 11.2. The minimum absolute atomic E-state index is 0.0254. The molecule has 36 heavy (non-hydrogen) atoms. The second-order valence-electron chi connectivity index (χ2n) is 11.2. The minimum atomic E-state index is -0.518. The zero-order valence-corrected chi connectivity index (χ0v) is 21.6. The van der Waals surface area contributed by atoms with Crippen LogP contribution in [0.5, 0.6) is 0 Å². The standard InChI is InChI=1S/C27H38N6O3/c1-19-17-33(15-16-36-19)23-6-4-5-21(28-23)30-25(35)20-7-8-22(31-26(2,3)18-34)29-24(20)32-13-11-27(9-10-27)12-14-32/h4-8,19,34H,9-18H2,1-3H3,(H,29,31)(H,28,30,35)/t19-/m1/s1. The first-order valence-corrected chi connectivity index (χ1v) is 13.1. The van der Waals surface area contributed by atoms with Crippen LogP contribution in [0.1, 0.15) is 56.8 Å². The molecule has 1 aliphatic carbocycles. The fourth-order valence-corrected chi connectivity index (χ4v) is 5.07. The highest BCUT2D eigenvalue weighted by molar-refractivity contribution is 6.07. The highest BCUT2D eigenvalue weighted by Crippen LogP contribution is 2.54. The lowest BCUT2D eigenvalue weighted by molar-refractivity contribution is 0.0529. The summed E-state index contributed by atoms with van der Waals surface area (Å²) in [5.74, 6) is 2.45. The molecule has 0 bridgehead atoms. The maximum Gasteiger partial charge on any atom is 0.260 e. The van der Waals surface area contributed by atoms with Crippen LogP contribution in [0.25, 0.3) is 0 Å². The number of anilines is 4. The molecule has 3 N–H and O–H groups in total. The third-order valence-electron chi connectivity index (χ3n) is 7.60. The van der Waals surface area contributed by atoms with Crippen molar-refractivity contribution >= 4 is 29.2 Å². The van der Waals surface area contributed by atoms with E-state index in [0.717, 1.165) is 44.8 Å². The summed E-state index contributed by atoms with van der Waals surface area (Å²) in [6.07, 6.45) is 5.05. The number of carbonyl (C=O) groups is 1. The van der Waals surface area contributed by atoms with Crippen LogP contribution in [0.3, 0.4) is 0 Å². The summed E-state index contributed by atoms with van der Waals surface area (Å²) in [5.41, 5.74) is 0.533. The quantitative estimate of drug-likeness (QED) is 0.537. The molecule has 0 unspecified atom stereocenters. The Kier molecular flexibility index (Phi) is 6.78. The normalized spacial score (nSPS) is 21.4. The predicted octanol–water partition coefficient (Wildman–Crippen LogP) is 3.52. The van der Waals surface area contributed by atoms with Crippen LogP contribution >= 0.6 is 0 Å². The van der Waals surface area contributed by atoms with Gasteiger partial charge in [-0.2, -0.15) is 0 Å². The van der Waals surface area contributed by atoms with E-state index < -0.39 is 5.54 Å². The van der Waals surface area contributed by atoms with Gasteiger partial charge in [0.05, 0.1) is 30.4 Å². The van der Waals surface area contributed by atoms with Gasteiger partial charge in [0.25, 0.3) is 5.91 Å². The zero-order chi connectivity index (χ0) is 25.3.